The van der Waals surface area contributed by atoms with Gasteiger partial charge in [0.05, 0.1) is 17.9 Å². The van der Waals surface area contributed by atoms with Crippen LogP contribution in [0.2, 0.25) is 5.02 Å². The average Bonchev–Trinajstić information content (AvgIpc) is 3.23. The van der Waals surface area contributed by atoms with Crippen molar-refractivity contribution >= 4 is 40.7 Å². The van der Waals surface area contributed by atoms with Crippen LogP contribution < -0.4 is 10.2 Å². The number of carbonyl (C=O) groups is 2. The lowest BCUT2D eigenvalue weighted by Crippen LogP contribution is -2.45. The Balaban J connectivity index is 1.68. The number of benzene rings is 2. The third-order valence-electron chi connectivity index (χ3n) is 4.55. The number of halogens is 2. The van der Waals surface area contributed by atoms with Crippen LogP contribution in [0.25, 0.3) is 0 Å². The second-order valence-electron chi connectivity index (χ2n) is 6.32. The number of fused-ring (bicyclic) bond motifs is 1. The van der Waals surface area contributed by atoms with E-state index < -0.39 is 11.4 Å². The summed E-state index contributed by atoms with van der Waals surface area (Å²) in [5.74, 6) is -0.567. The molecule has 0 fully saturated rings. The molecule has 4 rings (SSSR count). The summed E-state index contributed by atoms with van der Waals surface area (Å²) in [5, 5.41) is 7.02. The molecule has 1 aliphatic rings. The molecule has 8 heteroatoms. The standard InChI is InChI=1S/C20H15Cl2N3O3/c21-13-6-7-14-15(24-19(26)12-4-2-1-3-5-12)11-18(22)25(16(14)10-13)20(27)17-8-9-23-28-17/h1-10,15,18H,11H2,(H,24,26). The van der Waals surface area contributed by atoms with Crippen LogP contribution in [0.5, 0.6) is 0 Å². The fourth-order valence-electron chi connectivity index (χ4n) is 3.25. The molecule has 28 heavy (non-hydrogen) atoms. The summed E-state index contributed by atoms with van der Waals surface area (Å²) in [4.78, 5) is 26.9. The topological polar surface area (TPSA) is 75.4 Å². The van der Waals surface area contributed by atoms with Crippen LogP contribution in [0.4, 0.5) is 5.69 Å². The molecule has 3 aromatic rings. The summed E-state index contributed by atoms with van der Waals surface area (Å²) < 4.78 is 4.99. The molecule has 2 heterocycles. The molecule has 0 saturated heterocycles. The number of rotatable bonds is 3. The van der Waals surface area contributed by atoms with Crippen LogP contribution >= 0.6 is 23.2 Å². The van der Waals surface area contributed by atoms with Gasteiger partial charge in [-0.25, -0.2) is 0 Å². The number of hydrogen-bond donors (Lipinski definition) is 1. The number of nitrogens with one attached hydrogen (secondary N) is 1. The van der Waals surface area contributed by atoms with Crippen LogP contribution in [0.3, 0.4) is 0 Å². The van der Waals surface area contributed by atoms with Crippen molar-refractivity contribution in [3.8, 4) is 0 Å². The molecule has 0 radical (unpaired) electrons. The van der Waals surface area contributed by atoms with Gasteiger partial charge in [-0.3, -0.25) is 14.5 Å². The van der Waals surface area contributed by atoms with Gasteiger partial charge in [0.25, 0.3) is 11.8 Å². The second-order valence-corrected chi connectivity index (χ2v) is 7.26. The Labute approximate surface area is 171 Å². The zero-order chi connectivity index (χ0) is 19.7. The van der Waals surface area contributed by atoms with E-state index in [4.69, 9.17) is 27.7 Å². The van der Waals surface area contributed by atoms with Crippen molar-refractivity contribution in [2.75, 3.05) is 4.90 Å². The lowest BCUT2D eigenvalue weighted by Gasteiger charge is -2.37. The number of alkyl halides is 1. The van der Waals surface area contributed by atoms with Gasteiger partial charge >= 0.3 is 0 Å². The first-order chi connectivity index (χ1) is 13.5. The average molecular weight is 416 g/mol. The second kappa shape index (κ2) is 7.66. The highest BCUT2D eigenvalue weighted by Crippen LogP contribution is 2.40. The van der Waals surface area contributed by atoms with Gasteiger partial charge < -0.3 is 9.84 Å². The molecule has 2 unspecified atom stereocenters. The molecule has 1 N–H and O–H groups in total. The predicted molar refractivity (Wildman–Crippen MR) is 106 cm³/mol. The first kappa shape index (κ1) is 18.5. The number of anilines is 1. The summed E-state index contributed by atoms with van der Waals surface area (Å²) in [6, 6.07) is 15.2. The molecule has 6 nitrogen and oxygen atoms in total. The van der Waals surface area contributed by atoms with Gasteiger partial charge in [0.15, 0.2) is 0 Å². The van der Waals surface area contributed by atoms with E-state index in [1.165, 1.54) is 17.2 Å². The Hall–Kier alpha value is -2.83. The Morgan fingerprint density at radius 1 is 1.14 bits per heavy atom. The van der Waals surface area contributed by atoms with E-state index in [9.17, 15) is 9.59 Å². The maximum Gasteiger partial charge on any atom is 0.298 e. The monoisotopic (exact) mass is 415 g/mol. The minimum absolute atomic E-state index is 0.0725. The van der Waals surface area contributed by atoms with Crippen molar-refractivity contribution in [3.63, 3.8) is 0 Å². The summed E-state index contributed by atoms with van der Waals surface area (Å²) in [5.41, 5.74) is 1.12. The number of amides is 2. The zero-order valence-corrected chi connectivity index (χ0v) is 16.0. The molecular weight excluding hydrogens is 401 g/mol. The molecule has 1 aromatic heterocycles. The van der Waals surface area contributed by atoms with Gasteiger partial charge in [0, 0.05) is 23.1 Å². The summed E-state index contributed by atoms with van der Waals surface area (Å²) in [6.45, 7) is 0. The van der Waals surface area contributed by atoms with Crippen molar-refractivity contribution in [1.82, 2.24) is 10.5 Å². The van der Waals surface area contributed by atoms with E-state index in [0.717, 1.165) is 5.56 Å². The Kier molecular flexibility index (Phi) is 5.07. The molecule has 0 aliphatic carbocycles. The van der Waals surface area contributed by atoms with E-state index in [0.29, 0.717) is 22.7 Å². The van der Waals surface area contributed by atoms with Crippen LogP contribution in [0.1, 0.15) is 38.9 Å². The largest absolute Gasteiger partial charge is 0.351 e. The third-order valence-corrected chi connectivity index (χ3v) is 5.15. The SMILES string of the molecule is O=C(NC1CC(Cl)N(C(=O)c2ccno2)c2cc(Cl)ccc21)c1ccccc1. The summed E-state index contributed by atoms with van der Waals surface area (Å²) >= 11 is 12.7. The molecule has 0 bridgehead atoms. The first-order valence-electron chi connectivity index (χ1n) is 8.58. The highest BCUT2D eigenvalue weighted by Gasteiger charge is 2.37. The lowest BCUT2D eigenvalue weighted by molar-refractivity contribution is 0.0927. The van der Waals surface area contributed by atoms with Crippen LogP contribution in [0, 0.1) is 0 Å². The van der Waals surface area contributed by atoms with E-state index in [2.05, 4.69) is 10.5 Å². The molecule has 0 spiro atoms. The van der Waals surface area contributed by atoms with Crippen LogP contribution in [-0.4, -0.2) is 22.5 Å². The molecular formula is C20H15Cl2N3O3. The Bertz CT molecular complexity index is 1010. The molecule has 2 atom stereocenters. The number of hydrogen-bond acceptors (Lipinski definition) is 4. The van der Waals surface area contributed by atoms with Gasteiger partial charge in [0.2, 0.25) is 5.76 Å². The fraction of sp³-hybridized carbons (Fsp3) is 0.150. The molecule has 142 valence electrons. The van der Waals surface area contributed by atoms with E-state index in [-0.39, 0.29) is 17.7 Å². The van der Waals surface area contributed by atoms with Crippen molar-refractivity contribution in [2.45, 2.75) is 18.0 Å². The first-order valence-corrected chi connectivity index (χ1v) is 9.39. The van der Waals surface area contributed by atoms with E-state index in [1.54, 1.807) is 42.5 Å². The number of aromatic nitrogens is 1. The third kappa shape index (κ3) is 3.48. The number of nitrogens with zero attached hydrogens (tertiary/aromatic N) is 2. The highest BCUT2D eigenvalue weighted by atomic mass is 35.5. The fourth-order valence-corrected chi connectivity index (χ4v) is 3.79. The van der Waals surface area contributed by atoms with Gasteiger partial charge in [-0.2, -0.15) is 0 Å². The molecule has 2 aromatic carbocycles. The molecule has 1 aliphatic heterocycles. The smallest absolute Gasteiger partial charge is 0.298 e. The van der Waals surface area contributed by atoms with Crippen LogP contribution in [0.15, 0.2) is 65.3 Å². The Morgan fingerprint density at radius 3 is 2.64 bits per heavy atom. The van der Waals surface area contributed by atoms with Gasteiger partial charge in [-0.15, -0.1) is 0 Å². The minimum Gasteiger partial charge on any atom is -0.351 e. The van der Waals surface area contributed by atoms with Crippen molar-refractivity contribution in [2.24, 2.45) is 0 Å². The van der Waals surface area contributed by atoms with Gasteiger partial charge in [0.1, 0.15) is 5.50 Å². The van der Waals surface area contributed by atoms with E-state index in [1.807, 2.05) is 6.07 Å². The Morgan fingerprint density at radius 2 is 1.93 bits per heavy atom. The highest BCUT2D eigenvalue weighted by molar-refractivity contribution is 6.31. The quantitative estimate of drug-likeness (QED) is 0.507. The summed E-state index contributed by atoms with van der Waals surface area (Å²) in [6.07, 6.45) is 1.72. The predicted octanol–water partition coefficient (Wildman–Crippen LogP) is 4.41. The maximum atomic E-state index is 12.9. The normalized spacial score (nSPS) is 18.4. The van der Waals surface area contributed by atoms with Gasteiger partial charge in [-0.05, 0) is 29.8 Å². The minimum atomic E-state index is -0.704. The van der Waals surface area contributed by atoms with Gasteiger partial charge in [-0.1, -0.05) is 52.6 Å². The van der Waals surface area contributed by atoms with E-state index >= 15 is 0 Å². The molecule has 0 saturated carbocycles. The van der Waals surface area contributed by atoms with Crippen molar-refractivity contribution in [1.29, 1.82) is 0 Å². The van der Waals surface area contributed by atoms with Crippen LogP contribution in [-0.2, 0) is 0 Å². The number of carbonyl (C=O) groups excluding carboxylic acids is 2. The summed E-state index contributed by atoms with van der Waals surface area (Å²) in [7, 11) is 0. The maximum absolute atomic E-state index is 12.9. The van der Waals surface area contributed by atoms with Crippen molar-refractivity contribution < 1.29 is 14.1 Å². The zero-order valence-electron chi connectivity index (χ0n) is 14.5. The van der Waals surface area contributed by atoms with Crippen molar-refractivity contribution in [3.05, 3.63) is 82.7 Å². The lowest BCUT2D eigenvalue weighted by atomic mass is 9.95. The molecule has 2 amide bonds.